The zero-order valence-electron chi connectivity index (χ0n) is 8.72. The third-order valence-corrected chi connectivity index (χ3v) is 1.68. The Hall–Kier alpha value is -0.570. The lowest BCUT2D eigenvalue weighted by atomic mass is 9.96. The molecule has 0 fully saturated rings. The van der Waals surface area contributed by atoms with Crippen LogP contribution in [0, 0.1) is 5.41 Å². The average Bonchev–Trinajstić information content (AvgIpc) is 1.97. The predicted molar refractivity (Wildman–Crippen MR) is 51.9 cm³/mol. The van der Waals surface area contributed by atoms with Crippen LogP contribution in [-0.2, 0) is 4.84 Å². The predicted octanol–water partition coefficient (Wildman–Crippen LogP) is 2.12. The van der Waals surface area contributed by atoms with E-state index < -0.39 is 0 Å². The topological polar surface area (TPSA) is 47.6 Å². The highest BCUT2D eigenvalue weighted by molar-refractivity contribution is 5.81. The maximum Gasteiger partial charge on any atom is 0.214 e. The summed E-state index contributed by atoms with van der Waals surface area (Å²) >= 11 is 0. The van der Waals surface area contributed by atoms with Gasteiger partial charge in [0, 0.05) is 5.41 Å². The molecule has 1 unspecified atom stereocenters. The molecular weight excluding hydrogens is 152 g/mol. The third kappa shape index (κ3) is 3.72. The Labute approximate surface area is 75.0 Å². The van der Waals surface area contributed by atoms with Crippen molar-refractivity contribution in [2.75, 3.05) is 0 Å². The molecule has 12 heavy (non-hydrogen) atoms. The van der Waals surface area contributed by atoms with Crippen LogP contribution < -0.4 is 5.90 Å². The lowest BCUT2D eigenvalue weighted by molar-refractivity contribution is 0.269. The summed E-state index contributed by atoms with van der Waals surface area (Å²) in [4.78, 5) is 9.09. The quantitative estimate of drug-likeness (QED) is 0.394. The first kappa shape index (κ1) is 11.4. The van der Waals surface area contributed by atoms with E-state index in [2.05, 4.69) is 11.9 Å². The largest absolute Gasteiger partial charge is 0.396 e. The molecule has 72 valence electrons. The van der Waals surface area contributed by atoms with Gasteiger partial charge in [0.05, 0.1) is 6.04 Å². The fourth-order valence-corrected chi connectivity index (χ4v) is 0.692. The fraction of sp³-hybridized carbons (Fsp3) is 0.889. The van der Waals surface area contributed by atoms with Crippen LogP contribution in [0.2, 0.25) is 0 Å². The summed E-state index contributed by atoms with van der Waals surface area (Å²) in [6.07, 6.45) is 1.00. The van der Waals surface area contributed by atoms with Gasteiger partial charge >= 0.3 is 0 Å². The standard InChI is InChI=1S/C9H20N2O/c1-6-7(2)11-8(12-10)9(3,4)5/h7H,6,10H2,1-5H3/b11-8-. The van der Waals surface area contributed by atoms with Crippen molar-refractivity contribution in [3.05, 3.63) is 0 Å². The summed E-state index contributed by atoms with van der Waals surface area (Å²) in [5.74, 6) is 5.75. The van der Waals surface area contributed by atoms with Crippen molar-refractivity contribution >= 4 is 5.90 Å². The lowest BCUT2D eigenvalue weighted by Crippen LogP contribution is -2.27. The van der Waals surface area contributed by atoms with Gasteiger partial charge in [-0.25, -0.2) is 0 Å². The molecule has 3 heteroatoms. The number of rotatable bonds is 2. The van der Waals surface area contributed by atoms with Crippen LogP contribution in [0.1, 0.15) is 41.0 Å². The van der Waals surface area contributed by atoms with E-state index in [1.807, 2.05) is 27.7 Å². The summed E-state index contributed by atoms with van der Waals surface area (Å²) in [6, 6.07) is 0.280. The van der Waals surface area contributed by atoms with E-state index in [1.54, 1.807) is 0 Å². The van der Waals surface area contributed by atoms with Crippen LogP contribution in [-0.4, -0.2) is 11.9 Å². The molecule has 3 nitrogen and oxygen atoms in total. The number of nitrogens with zero attached hydrogens (tertiary/aromatic N) is 1. The van der Waals surface area contributed by atoms with Gasteiger partial charge in [0.15, 0.2) is 0 Å². The van der Waals surface area contributed by atoms with Crippen molar-refractivity contribution in [1.82, 2.24) is 0 Å². The van der Waals surface area contributed by atoms with E-state index in [9.17, 15) is 0 Å². The maximum atomic E-state index is 5.13. The number of hydrogen-bond donors (Lipinski definition) is 1. The zero-order valence-corrected chi connectivity index (χ0v) is 8.72. The highest BCUT2D eigenvalue weighted by Gasteiger charge is 2.21. The second kappa shape index (κ2) is 4.45. The normalized spacial score (nSPS) is 16.0. The third-order valence-electron chi connectivity index (χ3n) is 1.68. The molecule has 0 aliphatic carbocycles. The summed E-state index contributed by atoms with van der Waals surface area (Å²) in [5, 5.41) is 0. The number of nitrogens with two attached hydrogens (primary N) is 1. The molecular formula is C9H20N2O. The van der Waals surface area contributed by atoms with Gasteiger partial charge in [0.1, 0.15) is 0 Å². The van der Waals surface area contributed by atoms with Crippen molar-refractivity contribution < 1.29 is 4.84 Å². The molecule has 0 bridgehead atoms. The molecule has 0 aliphatic rings. The number of aliphatic imine (C=N–C) groups is 1. The van der Waals surface area contributed by atoms with Crippen molar-refractivity contribution in [2.24, 2.45) is 16.3 Å². The summed E-state index contributed by atoms with van der Waals surface area (Å²) in [7, 11) is 0. The van der Waals surface area contributed by atoms with Crippen LogP contribution in [0.5, 0.6) is 0 Å². The monoisotopic (exact) mass is 172 g/mol. The fourth-order valence-electron chi connectivity index (χ4n) is 0.692. The zero-order chi connectivity index (χ0) is 9.78. The first-order valence-corrected chi connectivity index (χ1v) is 4.36. The molecule has 0 aromatic carbocycles. The van der Waals surface area contributed by atoms with Gasteiger partial charge in [-0.2, -0.15) is 5.90 Å². The molecule has 0 rings (SSSR count). The van der Waals surface area contributed by atoms with Gasteiger partial charge in [0.2, 0.25) is 5.90 Å². The molecule has 0 aromatic rings. The highest BCUT2D eigenvalue weighted by atomic mass is 16.6. The Bertz CT molecular complexity index is 158. The van der Waals surface area contributed by atoms with E-state index >= 15 is 0 Å². The molecule has 0 aromatic heterocycles. The van der Waals surface area contributed by atoms with Crippen LogP contribution >= 0.6 is 0 Å². The Balaban J connectivity index is 4.44. The Morgan fingerprint density at radius 1 is 1.50 bits per heavy atom. The van der Waals surface area contributed by atoms with Crippen molar-refractivity contribution in [1.29, 1.82) is 0 Å². The molecule has 0 radical (unpaired) electrons. The molecule has 0 saturated carbocycles. The minimum atomic E-state index is -0.0990. The molecule has 0 spiro atoms. The molecule has 0 saturated heterocycles. The second-order valence-electron chi connectivity index (χ2n) is 4.06. The van der Waals surface area contributed by atoms with Crippen LogP contribution in [0.25, 0.3) is 0 Å². The lowest BCUT2D eigenvalue weighted by Gasteiger charge is -2.19. The smallest absolute Gasteiger partial charge is 0.214 e. The SMILES string of the molecule is CCC(C)/N=C(\ON)C(C)(C)C. The van der Waals surface area contributed by atoms with Gasteiger partial charge in [-0.3, -0.25) is 4.99 Å². The van der Waals surface area contributed by atoms with Gasteiger partial charge in [-0.05, 0) is 13.3 Å². The van der Waals surface area contributed by atoms with Crippen molar-refractivity contribution in [2.45, 2.75) is 47.1 Å². The average molecular weight is 172 g/mol. The van der Waals surface area contributed by atoms with Gasteiger partial charge in [0.25, 0.3) is 0 Å². The summed E-state index contributed by atoms with van der Waals surface area (Å²) in [5.41, 5.74) is -0.0990. The van der Waals surface area contributed by atoms with Crippen molar-refractivity contribution in [3.63, 3.8) is 0 Å². The molecule has 0 heterocycles. The van der Waals surface area contributed by atoms with Crippen LogP contribution in [0.3, 0.4) is 0 Å². The second-order valence-corrected chi connectivity index (χ2v) is 4.06. The van der Waals surface area contributed by atoms with Gasteiger partial charge in [-0.1, -0.05) is 27.7 Å². The first-order chi connectivity index (χ1) is 5.41. The Kier molecular flexibility index (Phi) is 4.24. The van der Waals surface area contributed by atoms with Gasteiger partial charge in [-0.15, -0.1) is 0 Å². The summed E-state index contributed by atoms with van der Waals surface area (Å²) < 4.78 is 0. The molecule has 1 atom stereocenters. The van der Waals surface area contributed by atoms with E-state index in [1.165, 1.54) is 0 Å². The van der Waals surface area contributed by atoms with Gasteiger partial charge < -0.3 is 4.84 Å². The minimum absolute atomic E-state index is 0.0990. The van der Waals surface area contributed by atoms with E-state index in [4.69, 9.17) is 10.7 Å². The van der Waals surface area contributed by atoms with E-state index in [-0.39, 0.29) is 11.5 Å². The molecule has 0 amide bonds. The summed E-state index contributed by atoms with van der Waals surface area (Å²) in [6.45, 7) is 10.2. The Morgan fingerprint density at radius 2 is 2.00 bits per heavy atom. The van der Waals surface area contributed by atoms with Crippen molar-refractivity contribution in [3.8, 4) is 0 Å². The maximum absolute atomic E-state index is 5.13. The molecule has 0 aliphatic heterocycles. The first-order valence-electron chi connectivity index (χ1n) is 4.36. The van der Waals surface area contributed by atoms with E-state index in [0.29, 0.717) is 5.90 Å². The number of hydrogen-bond acceptors (Lipinski definition) is 3. The van der Waals surface area contributed by atoms with Crippen LogP contribution in [0.15, 0.2) is 4.99 Å². The Morgan fingerprint density at radius 3 is 2.25 bits per heavy atom. The highest BCUT2D eigenvalue weighted by Crippen LogP contribution is 2.17. The van der Waals surface area contributed by atoms with Crippen LogP contribution in [0.4, 0.5) is 0 Å². The van der Waals surface area contributed by atoms with E-state index in [0.717, 1.165) is 6.42 Å². The minimum Gasteiger partial charge on any atom is -0.396 e. The molecule has 2 N–H and O–H groups in total.